The highest BCUT2D eigenvalue weighted by Gasteiger charge is 2.37. The van der Waals surface area contributed by atoms with Gasteiger partial charge < -0.3 is 9.85 Å². The molecule has 1 N–H and O–H groups in total. The Morgan fingerprint density at radius 1 is 1.89 bits per heavy atom. The van der Waals surface area contributed by atoms with Gasteiger partial charge in [-0.25, -0.2) is 4.79 Å². The van der Waals surface area contributed by atoms with Crippen molar-refractivity contribution in [1.82, 2.24) is 0 Å². The van der Waals surface area contributed by atoms with Crippen molar-refractivity contribution in [2.45, 2.75) is 5.37 Å². The Morgan fingerprint density at radius 3 is 3.56 bits per heavy atom. The fraction of sp³-hybridized carbons (Fsp3) is 0.750. The van der Waals surface area contributed by atoms with Crippen LogP contribution in [0, 0.1) is 0 Å². The van der Waals surface area contributed by atoms with Gasteiger partial charge in [-0.1, -0.05) is 11.8 Å². The summed E-state index contributed by atoms with van der Waals surface area (Å²) in [5.41, 5.74) is 3.62. The summed E-state index contributed by atoms with van der Waals surface area (Å²) < 4.78 is 0. The van der Waals surface area contributed by atoms with Crippen LogP contribution in [0.5, 0.6) is 0 Å². The standard InChI is InChI=1S/C4H6N2O2S/c7-4-3-6(5-8-4)1-2-9-3/h3,6H,1-2H2. The maximum absolute atomic E-state index is 10.7. The zero-order chi connectivity index (χ0) is 6.27. The predicted octanol–water partition coefficient (Wildman–Crippen LogP) is -1.30. The third-order valence-corrected chi connectivity index (χ3v) is 2.65. The van der Waals surface area contributed by atoms with Crippen LogP contribution in [0.15, 0.2) is 0 Å². The van der Waals surface area contributed by atoms with Gasteiger partial charge in [0, 0.05) is 5.75 Å². The van der Waals surface area contributed by atoms with Crippen molar-refractivity contribution in [3.63, 3.8) is 0 Å². The average molecular weight is 146 g/mol. The van der Waals surface area contributed by atoms with Crippen LogP contribution in [0.1, 0.15) is 0 Å². The molecule has 0 amide bonds. The minimum Gasteiger partial charge on any atom is -0.508 e. The molecule has 0 saturated carbocycles. The normalized spacial score (nSPS) is 40.7. The lowest BCUT2D eigenvalue weighted by Crippen LogP contribution is -3.08. The van der Waals surface area contributed by atoms with Gasteiger partial charge in [-0.05, 0) is 0 Å². The number of thioether (sulfide) groups is 1. The van der Waals surface area contributed by atoms with E-state index in [1.54, 1.807) is 11.8 Å². The third kappa shape index (κ3) is 0.726. The number of carbonyl (C=O) groups is 1. The predicted molar refractivity (Wildman–Crippen MR) is 31.5 cm³/mol. The van der Waals surface area contributed by atoms with Crippen LogP contribution in [0.2, 0.25) is 0 Å². The molecular formula is C4H6N2O2S. The molecule has 2 saturated heterocycles. The number of quaternary nitrogens is 1. The maximum atomic E-state index is 10.7. The largest absolute Gasteiger partial charge is 0.508 e. The van der Waals surface area contributed by atoms with E-state index in [4.69, 9.17) is 0 Å². The first-order valence-electron chi connectivity index (χ1n) is 2.77. The van der Waals surface area contributed by atoms with Crippen molar-refractivity contribution in [2.75, 3.05) is 12.3 Å². The van der Waals surface area contributed by atoms with Crippen LogP contribution in [-0.2, 0) is 9.63 Å². The zero-order valence-corrected chi connectivity index (χ0v) is 5.48. The molecule has 0 aromatic heterocycles. The van der Waals surface area contributed by atoms with Crippen molar-refractivity contribution in [3.8, 4) is 0 Å². The van der Waals surface area contributed by atoms with Gasteiger partial charge in [0.2, 0.25) is 5.37 Å². The Hall–Kier alpha value is -0.260. The molecule has 50 valence electrons. The van der Waals surface area contributed by atoms with Crippen molar-refractivity contribution in [1.29, 1.82) is 0 Å². The molecule has 4 nitrogen and oxygen atoms in total. The van der Waals surface area contributed by atoms with E-state index in [2.05, 4.69) is 10.4 Å². The Bertz CT molecular complexity index is 152. The van der Waals surface area contributed by atoms with Gasteiger partial charge in [-0.15, -0.1) is 0 Å². The molecule has 5 heteroatoms. The number of hydrogen-bond acceptors (Lipinski definition) is 3. The molecule has 9 heavy (non-hydrogen) atoms. The summed E-state index contributed by atoms with van der Waals surface area (Å²) in [6.45, 7) is 0.918. The van der Waals surface area contributed by atoms with Gasteiger partial charge in [0.25, 0.3) is 0 Å². The summed E-state index contributed by atoms with van der Waals surface area (Å²) in [5, 5.41) is 0.870. The topological polar surface area (TPSA) is 44.8 Å². The summed E-state index contributed by atoms with van der Waals surface area (Å²) in [4.78, 5) is 15.1. The number of rotatable bonds is 0. The molecule has 2 atom stereocenters. The third-order valence-electron chi connectivity index (χ3n) is 1.41. The molecule has 0 aromatic rings. The summed E-state index contributed by atoms with van der Waals surface area (Å²) in [6.07, 6.45) is 0. The highest BCUT2D eigenvalue weighted by atomic mass is 32.2. The van der Waals surface area contributed by atoms with Gasteiger partial charge in [0.15, 0.2) is 0 Å². The highest BCUT2D eigenvalue weighted by Crippen LogP contribution is 2.16. The van der Waals surface area contributed by atoms with E-state index in [9.17, 15) is 4.79 Å². The van der Waals surface area contributed by atoms with E-state index in [1.807, 2.05) is 0 Å². The van der Waals surface area contributed by atoms with Gasteiger partial charge in [-0.2, -0.15) is 0 Å². The average Bonchev–Trinajstić information content (AvgIpc) is 2.35. The quantitative estimate of drug-likeness (QED) is 0.462. The first-order valence-corrected chi connectivity index (χ1v) is 3.82. The molecule has 2 rings (SSSR count). The van der Waals surface area contributed by atoms with Gasteiger partial charge in [0.05, 0.1) is 6.54 Å². The molecule has 0 aromatic carbocycles. The van der Waals surface area contributed by atoms with Crippen LogP contribution >= 0.6 is 11.8 Å². The Morgan fingerprint density at radius 2 is 2.78 bits per heavy atom. The Kier molecular flexibility index (Phi) is 1.14. The smallest absolute Gasteiger partial charge is 0.364 e. The van der Waals surface area contributed by atoms with Crippen molar-refractivity contribution in [2.24, 2.45) is 0 Å². The SMILES string of the molecule is O=C1O[N-][NH+]2CCSC12. The van der Waals surface area contributed by atoms with E-state index in [-0.39, 0.29) is 11.3 Å². The van der Waals surface area contributed by atoms with Gasteiger partial charge in [0.1, 0.15) is 0 Å². The molecular weight excluding hydrogens is 140 g/mol. The lowest BCUT2D eigenvalue weighted by atomic mass is 10.6. The van der Waals surface area contributed by atoms with E-state index >= 15 is 0 Å². The van der Waals surface area contributed by atoms with E-state index in [0.717, 1.165) is 17.3 Å². The number of hydrogen-bond donors (Lipinski definition) is 1. The second-order valence-corrected chi connectivity index (χ2v) is 3.21. The minimum atomic E-state index is -0.187. The fourth-order valence-electron chi connectivity index (χ4n) is 0.958. The number of carbonyl (C=O) groups excluding carboxylic acids is 1. The van der Waals surface area contributed by atoms with Crippen molar-refractivity contribution >= 4 is 17.7 Å². The van der Waals surface area contributed by atoms with Crippen LogP contribution < -0.4 is 5.01 Å². The molecule has 2 aliphatic rings. The van der Waals surface area contributed by atoms with Crippen molar-refractivity contribution in [3.05, 3.63) is 5.59 Å². The van der Waals surface area contributed by atoms with Gasteiger partial charge in [-0.3, -0.25) is 5.59 Å². The van der Waals surface area contributed by atoms with Crippen LogP contribution in [0.25, 0.3) is 5.59 Å². The fourth-order valence-corrected chi connectivity index (χ4v) is 2.05. The summed E-state index contributed by atoms with van der Waals surface area (Å²) in [7, 11) is 0. The first kappa shape index (κ1) is 5.52. The molecule has 0 aliphatic carbocycles. The maximum Gasteiger partial charge on any atom is 0.364 e. The molecule has 0 bridgehead atoms. The second kappa shape index (κ2) is 1.86. The van der Waals surface area contributed by atoms with Gasteiger partial charge >= 0.3 is 5.97 Å². The molecule has 2 heterocycles. The summed E-state index contributed by atoms with van der Waals surface area (Å²) in [5.74, 6) is 0.825. The Labute approximate surface area is 56.5 Å². The van der Waals surface area contributed by atoms with E-state index in [0.29, 0.717) is 0 Å². The van der Waals surface area contributed by atoms with Crippen LogP contribution in [0.4, 0.5) is 0 Å². The molecule has 0 spiro atoms. The Balaban J connectivity index is 2.15. The van der Waals surface area contributed by atoms with E-state index in [1.165, 1.54) is 0 Å². The highest BCUT2D eigenvalue weighted by molar-refractivity contribution is 8.00. The lowest BCUT2D eigenvalue weighted by Gasteiger charge is -2.15. The number of nitrogens with zero attached hydrogens (tertiary/aromatic N) is 1. The van der Waals surface area contributed by atoms with E-state index < -0.39 is 0 Å². The molecule has 2 unspecified atom stereocenters. The number of fused-ring (bicyclic) bond motifs is 1. The van der Waals surface area contributed by atoms with Crippen molar-refractivity contribution < 1.29 is 14.6 Å². The second-order valence-electron chi connectivity index (χ2n) is 1.99. The van der Waals surface area contributed by atoms with Crippen LogP contribution in [0.3, 0.4) is 0 Å². The monoisotopic (exact) mass is 146 g/mol. The minimum absolute atomic E-state index is 0.0509. The summed E-state index contributed by atoms with van der Waals surface area (Å²) in [6, 6.07) is 0. The number of nitrogens with one attached hydrogen (secondary N) is 1. The van der Waals surface area contributed by atoms with Crippen LogP contribution in [-0.4, -0.2) is 23.6 Å². The summed E-state index contributed by atoms with van der Waals surface area (Å²) >= 11 is 1.62. The molecule has 2 aliphatic heterocycles. The first-order chi connectivity index (χ1) is 4.38. The zero-order valence-electron chi connectivity index (χ0n) is 4.66. The molecule has 2 fully saturated rings. The lowest BCUT2D eigenvalue weighted by molar-refractivity contribution is -0.858. The molecule has 0 radical (unpaired) electrons.